The van der Waals surface area contributed by atoms with E-state index in [2.05, 4.69) is 0 Å². The van der Waals surface area contributed by atoms with E-state index in [1.165, 1.54) is 24.3 Å². The molecule has 1 aromatic heterocycles. The number of halogens is 1. The molecule has 4 aromatic rings. The van der Waals surface area contributed by atoms with Gasteiger partial charge in [-0.15, -0.1) is 0 Å². The fourth-order valence-corrected chi connectivity index (χ4v) is 5.44. The number of carbonyl (C=O) groups is 1. The molecular formula is C26H24FNO4S. The van der Waals surface area contributed by atoms with Crippen molar-refractivity contribution in [2.45, 2.75) is 37.5 Å². The molecule has 5 nitrogen and oxygen atoms in total. The van der Waals surface area contributed by atoms with Gasteiger partial charge in [0, 0.05) is 17.5 Å². The summed E-state index contributed by atoms with van der Waals surface area (Å²) in [5.74, 6) is -1.67. The van der Waals surface area contributed by atoms with Crippen LogP contribution in [0, 0.1) is 5.82 Å². The minimum atomic E-state index is -4.12. The Morgan fingerprint density at radius 1 is 0.970 bits per heavy atom. The van der Waals surface area contributed by atoms with Gasteiger partial charge in [0.15, 0.2) is 0 Å². The van der Waals surface area contributed by atoms with Crippen molar-refractivity contribution >= 4 is 26.9 Å². The Balaban J connectivity index is 1.90. The van der Waals surface area contributed by atoms with Crippen molar-refractivity contribution in [3.8, 4) is 0 Å². The van der Waals surface area contributed by atoms with Gasteiger partial charge in [-0.1, -0.05) is 57.2 Å². The molecule has 0 atom stereocenters. The number of carboxylic acid groups (broad SMARTS) is 1. The predicted molar refractivity (Wildman–Crippen MR) is 126 cm³/mol. The molecule has 0 bridgehead atoms. The maximum Gasteiger partial charge on any atom is 0.335 e. The first kappa shape index (κ1) is 22.7. The van der Waals surface area contributed by atoms with Crippen molar-refractivity contribution in [3.05, 3.63) is 101 Å². The standard InChI is InChI=1S/C26H24FNO4S/c1-26(2,3)20-7-5-8-22(16-20)33(31,32)28-21(15-19-6-4-9-23(27)24(19)28)14-17-10-12-18(13-11-17)25(29)30/h4-13,15-16H,14H2,1-3H3,(H,29,30). The summed E-state index contributed by atoms with van der Waals surface area (Å²) in [7, 11) is -4.12. The van der Waals surface area contributed by atoms with Crippen LogP contribution in [0.5, 0.6) is 0 Å². The highest BCUT2D eigenvalue weighted by atomic mass is 32.2. The Bertz CT molecular complexity index is 1460. The summed E-state index contributed by atoms with van der Waals surface area (Å²) < 4.78 is 43.6. The predicted octanol–water partition coefficient (Wildman–Crippen LogP) is 5.60. The van der Waals surface area contributed by atoms with E-state index in [9.17, 15) is 17.6 Å². The van der Waals surface area contributed by atoms with Crippen LogP contribution in [0.15, 0.2) is 77.7 Å². The van der Waals surface area contributed by atoms with Gasteiger partial charge >= 0.3 is 5.97 Å². The van der Waals surface area contributed by atoms with E-state index in [0.29, 0.717) is 16.6 Å². The normalized spacial score (nSPS) is 12.2. The molecule has 0 saturated heterocycles. The maximum atomic E-state index is 14.9. The van der Waals surface area contributed by atoms with Gasteiger partial charge in [-0.2, -0.15) is 0 Å². The molecule has 7 heteroatoms. The van der Waals surface area contributed by atoms with Gasteiger partial charge in [0.1, 0.15) is 11.3 Å². The van der Waals surface area contributed by atoms with Crippen molar-refractivity contribution in [3.63, 3.8) is 0 Å². The minimum Gasteiger partial charge on any atom is -0.478 e. The van der Waals surface area contributed by atoms with Crippen molar-refractivity contribution in [1.82, 2.24) is 3.97 Å². The molecule has 3 aromatic carbocycles. The van der Waals surface area contributed by atoms with E-state index in [1.54, 1.807) is 42.5 Å². The van der Waals surface area contributed by atoms with Crippen molar-refractivity contribution < 1.29 is 22.7 Å². The average molecular weight is 466 g/mol. The van der Waals surface area contributed by atoms with Gasteiger partial charge in [0.2, 0.25) is 0 Å². The summed E-state index contributed by atoms with van der Waals surface area (Å²) >= 11 is 0. The molecule has 0 aliphatic rings. The molecule has 1 N–H and O–H groups in total. The van der Waals surface area contributed by atoms with E-state index < -0.39 is 21.8 Å². The zero-order chi connectivity index (χ0) is 24.0. The van der Waals surface area contributed by atoms with Crippen LogP contribution in [-0.2, 0) is 21.9 Å². The van der Waals surface area contributed by atoms with Crippen LogP contribution in [0.3, 0.4) is 0 Å². The Kier molecular flexibility index (Phi) is 5.62. The monoisotopic (exact) mass is 465 g/mol. The van der Waals surface area contributed by atoms with Crippen LogP contribution in [0.4, 0.5) is 4.39 Å². The molecule has 33 heavy (non-hydrogen) atoms. The first-order chi connectivity index (χ1) is 15.5. The maximum absolute atomic E-state index is 14.9. The van der Waals surface area contributed by atoms with Crippen LogP contribution < -0.4 is 0 Å². The fourth-order valence-electron chi connectivity index (χ4n) is 3.84. The summed E-state index contributed by atoms with van der Waals surface area (Å²) in [5, 5.41) is 9.60. The van der Waals surface area contributed by atoms with Crippen LogP contribution in [-0.4, -0.2) is 23.5 Å². The van der Waals surface area contributed by atoms with Gasteiger partial charge in [-0.3, -0.25) is 0 Å². The molecule has 170 valence electrons. The van der Waals surface area contributed by atoms with Crippen molar-refractivity contribution in [2.75, 3.05) is 0 Å². The molecule has 0 aliphatic carbocycles. The molecule has 0 saturated carbocycles. The highest BCUT2D eigenvalue weighted by Gasteiger charge is 2.26. The van der Waals surface area contributed by atoms with Gasteiger partial charge in [0.25, 0.3) is 10.0 Å². The first-order valence-corrected chi connectivity index (χ1v) is 11.9. The van der Waals surface area contributed by atoms with Crippen LogP contribution in [0.25, 0.3) is 10.9 Å². The summed E-state index contributed by atoms with van der Waals surface area (Å²) in [6.07, 6.45) is 0.187. The highest BCUT2D eigenvalue weighted by Crippen LogP contribution is 2.31. The second kappa shape index (κ2) is 8.15. The number of aromatic carboxylic acids is 1. The molecule has 0 fully saturated rings. The van der Waals surface area contributed by atoms with Crippen molar-refractivity contribution in [1.29, 1.82) is 0 Å². The third-order valence-electron chi connectivity index (χ3n) is 5.63. The van der Waals surface area contributed by atoms with E-state index >= 15 is 0 Å². The molecule has 0 unspecified atom stereocenters. The number of aromatic nitrogens is 1. The second-order valence-corrected chi connectivity index (χ2v) is 10.8. The number of carboxylic acids is 1. The zero-order valence-electron chi connectivity index (χ0n) is 18.5. The lowest BCUT2D eigenvalue weighted by Gasteiger charge is -2.20. The highest BCUT2D eigenvalue weighted by molar-refractivity contribution is 7.90. The van der Waals surface area contributed by atoms with E-state index in [1.807, 2.05) is 26.8 Å². The summed E-state index contributed by atoms with van der Waals surface area (Å²) in [4.78, 5) is 11.2. The van der Waals surface area contributed by atoms with Gasteiger partial charge < -0.3 is 5.11 Å². The SMILES string of the molecule is CC(C)(C)c1cccc(S(=O)(=O)n2c(Cc3ccc(C(=O)O)cc3)cc3cccc(F)c32)c1. The third-order valence-corrected chi connectivity index (χ3v) is 7.38. The smallest absolute Gasteiger partial charge is 0.335 e. The Hall–Kier alpha value is -3.45. The quantitative estimate of drug-likeness (QED) is 0.416. The van der Waals surface area contributed by atoms with Gasteiger partial charge in [-0.25, -0.2) is 21.6 Å². The lowest BCUT2D eigenvalue weighted by molar-refractivity contribution is 0.0697. The zero-order valence-corrected chi connectivity index (χ0v) is 19.4. The lowest BCUT2D eigenvalue weighted by Crippen LogP contribution is -2.18. The summed E-state index contributed by atoms with van der Waals surface area (Å²) in [6, 6.07) is 19.0. The largest absolute Gasteiger partial charge is 0.478 e. The third kappa shape index (κ3) is 4.28. The minimum absolute atomic E-state index is 0.00387. The molecule has 0 aliphatic heterocycles. The number of hydrogen-bond donors (Lipinski definition) is 1. The van der Waals surface area contributed by atoms with Gasteiger partial charge in [-0.05, 0) is 52.9 Å². The molecule has 1 heterocycles. The average Bonchev–Trinajstić information content (AvgIpc) is 3.13. The number of hydrogen-bond acceptors (Lipinski definition) is 3. The molecule has 0 radical (unpaired) electrons. The molecular weight excluding hydrogens is 441 g/mol. The van der Waals surface area contributed by atoms with Crippen LogP contribution in [0.2, 0.25) is 0 Å². The lowest BCUT2D eigenvalue weighted by atomic mass is 9.87. The van der Waals surface area contributed by atoms with Gasteiger partial charge in [0.05, 0.1) is 10.5 Å². The Morgan fingerprint density at radius 3 is 2.27 bits per heavy atom. The summed E-state index contributed by atoms with van der Waals surface area (Å²) in [6.45, 7) is 5.99. The molecule has 4 rings (SSSR count). The molecule has 0 amide bonds. The number of nitrogens with zero attached hydrogens (tertiary/aromatic N) is 1. The Morgan fingerprint density at radius 2 is 1.64 bits per heavy atom. The molecule has 0 spiro atoms. The van der Waals surface area contributed by atoms with E-state index in [4.69, 9.17) is 5.11 Å². The second-order valence-electron chi connectivity index (χ2n) is 9.04. The number of rotatable bonds is 5. The first-order valence-electron chi connectivity index (χ1n) is 10.5. The van der Waals surface area contributed by atoms with E-state index in [0.717, 1.165) is 9.54 Å². The summed E-state index contributed by atoms with van der Waals surface area (Å²) in [5.41, 5.74) is 1.83. The number of fused-ring (bicyclic) bond motifs is 1. The van der Waals surface area contributed by atoms with Crippen LogP contribution in [0.1, 0.15) is 48.0 Å². The van der Waals surface area contributed by atoms with Crippen molar-refractivity contribution in [2.24, 2.45) is 0 Å². The fraction of sp³-hybridized carbons (Fsp3) is 0.192. The number of benzene rings is 3. The topological polar surface area (TPSA) is 76.4 Å². The number of para-hydroxylation sites is 1. The Labute approximate surface area is 192 Å². The van der Waals surface area contributed by atoms with Crippen LogP contribution >= 0.6 is 0 Å². The van der Waals surface area contributed by atoms with E-state index in [-0.39, 0.29) is 27.8 Å².